The van der Waals surface area contributed by atoms with E-state index in [4.69, 9.17) is 4.52 Å². The highest BCUT2D eigenvalue weighted by atomic mass is 16.5. The van der Waals surface area contributed by atoms with Gasteiger partial charge in [0.15, 0.2) is 5.96 Å². The van der Waals surface area contributed by atoms with Crippen LogP contribution in [0.15, 0.2) is 21.8 Å². The van der Waals surface area contributed by atoms with Gasteiger partial charge in [0.1, 0.15) is 5.76 Å². The van der Waals surface area contributed by atoms with Crippen LogP contribution in [0.3, 0.4) is 0 Å². The molecule has 0 fully saturated rings. The third kappa shape index (κ3) is 4.34. The summed E-state index contributed by atoms with van der Waals surface area (Å²) in [7, 11) is 1.93. The summed E-state index contributed by atoms with van der Waals surface area (Å²) in [5.74, 6) is 1.70. The van der Waals surface area contributed by atoms with Gasteiger partial charge in [-0.05, 0) is 19.4 Å². The standard InChI is InChI=1S/C16H26N6O/c1-5-14-13(15(6-2)23-21-14)11-19-16(17-7-3)18-10-12-8-9-20-22(12)4/h8-9H,5-7,10-11H2,1-4H3,(H2,17,18,19). The number of nitrogens with one attached hydrogen (secondary N) is 2. The monoisotopic (exact) mass is 318 g/mol. The Morgan fingerprint density at radius 2 is 2.09 bits per heavy atom. The second-order valence-corrected chi connectivity index (χ2v) is 5.23. The van der Waals surface area contributed by atoms with Crippen LogP contribution < -0.4 is 10.6 Å². The number of aliphatic imine (C=N–C) groups is 1. The van der Waals surface area contributed by atoms with Crippen molar-refractivity contribution < 1.29 is 4.52 Å². The Bertz CT molecular complexity index is 621. The molecule has 0 atom stereocenters. The van der Waals surface area contributed by atoms with Gasteiger partial charge < -0.3 is 15.2 Å². The number of aryl methyl sites for hydroxylation is 3. The lowest BCUT2D eigenvalue weighted by Gasteiger charge is -2.11. The molecule has 2 heterocycles. The Morgan fingerprint density at radius 1 is 1.26 bits per heavy atom. The first-order valence-corrected chi connectivity index (χ1v) is 8.14. The normalized spacial score (nSPS) is 11.7. The molecule has 0 aliphatic rings. The molecular weight excluding hydrogens is 292 g/mol. The molecule has 2 aromatic heterocycles. The van der Waals surface area contributed by atoms with Crippen molar-refractivity contribution in [2.24, 2.45) is 12.0 Å². The lowest BCUT2D eigenvalue weighted by Crippen LogP contribution is -2.37. The molecule has 0 spiro atoms. The zero-order chi connectivity index (χ0) is 16.7. The van der Waals surface area contributed by atoms with Gasteiger partial charge in [-0.15, -0.1) is 0 Å². The highest BCUT2D eigenvalue weighted by Crippen LogP contribution is 2.16. The maximum Gasteiger partial charge on any atom is 0.191 e. The van der Waals surface area contributed by atoms with Gasteiger partial charge in [-0.1, -0.05) is 19.0 Å². The van der Waals surface area contributed by atoms with E-state index in [1.165, 1.54) is 0 Å². The smallest absolute Gasteiger partial charge is 0.191 e. The third-order valence-electron chi connectivity index (χ3n) is 3.71. The Balaban J connectivity index is 2.06. The van der Waals surface area contributed by atoms with Gasteiger partial charge in [-0.3, -0.25) is 4.68 Å². The summed E-state index contributed by atoms with van der Waals surface area (Å²) in [4.78, 5) is 4.67. The van der Waals surface area contributed by atoms with Crippen molar-refractivity contribution in [3.63, 3.8) is 0 Å². The van der Waals surface area contributed by atoms with E-state index < -0.39 is 0 Å². The third-order valence-corrected chi connectivity index (χ3v) is 3.71. The Kier molecular flexibility index (Phi) is 6.19. The Hall–Kier alpha value is -2.31. The van der Waals surface area contributed by atoms with Crippen molar-refractivity contribution in [3.8, 4) is 0 Å². The van der Waals surface area contributed by atoms with Crippen LogP contribution >= 0.6 is 0 Å². The lowest BCUT2D eigenvalue weighted by atomic mass is 10.1. The van der Waals surface area contributed by atoms with Crippen LogP contribution in [0.1, 0.15) is 43.5 Å². The van der Waals surface area contributed by atoms with Crippen LogP contribution in [0.2, 0.25) is 0 Å². The fourth-order valence-electron chi connectivity index (χ4n) is 2.37. The van der Waals surface area contributed by atoms with E-state index in [1.807, 2.05) is 17.8 Å². The first kappa shape index (κ1) is 17.1. The van der Waals surface area contributed by atoms with Gasteiger partial charge in [0, 0.05) is 31.8 Å². The zero-order valence-electron chi connectivity index (χ0n) is 14.4. The first-order chi connectivity index (χ1) is 11.2. The van der Waals surface area contributed by atoms with Crippen molar-refractivity contribution in [2.45, 2.75) is 46.7 Å². The summed E-state index contributed by atoms with van der Waals surface area (Å²) in [6.07, 6.45) is 3.48. The number of nitrogens with zero attached hydrogens (tertiary/aromatic N) is 4. The van der Waals surface area contributed by atoms with Crippen LogP contribution in [0.4, 0.5) is 0 Å². The summed E-state index contributed by atoms with van der Waals surface area (Å²) in [5.41, 5.74) is 3.20. The minimum Gasteiger partial charge on any atom is -0.361 e. The minimum atomic E-state index is 0.566. The topological polar surface area (TPSA) is 80.3 Å². The van der Waals surface area contributed by atoms with Gasteiger partial charge in [-0.2, -0.15) is 5.10 Å². The Labute approximate surface area is 137 Å². The van der Waals surface area contributed by atoms with Crippen LogP contribution in [0.25, 0.3) is 0 Å². The number of rotatable bonds is 7. The molecule has 0 bridgehead atoms. The van der Waals surface area contributed by atoms with Crippen molar-refractivity contribution in [1.29, 1.82) is 0 Å². The molecule has 2 rings (SSSR count). The van der Waals surface area contributed by atoms with Crippen LogP contribution in [-0.4, -0.2) is 27.4 Å². The Morgan fingerprint density at radius 3 is 2.70 bits per heavy atom. The van der Waals surface area contributed by atoms with Crippen LogP contribution in [0.5, 0.6) is 0 Å². The molecule has 7 heteroatoms. The highest BCUT2D eigenvalue weighted by molar-refractivity contribution is 5.79. The van der Waals surface area contributed by atoms with Crippen molar-refractivity contribution in [1.82, 2.24) is 25.6 Å². The average molecular weight is 318 g/mol. The maximum absolute atomic E-state index is 5.39. The van der Waals surface area contributed by atoms with Gasteiger partial charge in [0.05, 0.1) is 24.5 Å². The molecule has 0 saturated carbocycles. The van der Waals surface area contributed by atoms with Crippen molar-refractivity contribution in [3.05, 3.63) is 35.0 Å². The first-order valence-electron chi connectivity index (χ1n) is 8.14. The molecule has 0 unspecified atom stereocenters. The van der Waals surface area contributed by atoms with Gasteiger partial charge in [0.2, 0.25) is 0 Å². The summed E-state index contributed by atoms with van der Waals surface area (Å²) in [5, 5.41) is 14.9. The van der Waals surface area contributed by atoms with E-state index in [9.17, 15) is 0 Å². The molecule has 2 aromatic rings. The lowest BCUT2D eigenvalue weighted by molar-refractivity contribution is 0.380. The van der Waals surface area contributed by atoms with E-state index in [1.54, 1.807) is 6.20 Å². The molecule has 0 aliphatic carbocycles. The van der Waals surface area contributed by atoms with E-state index in [2.05, 4.69) is 46.7 Å². The van der Waals surface area contributed by atoms with Crippen LogP contribution in [0, 0.1) is 0 Å². The quantitative estimate of drug-likeness (QED) is 0.601. The molecule has 0 aromatic carbocycles. The van der Waals surface area contributed by atoms with Gasteiger partial charge in [0.25, 0.3) is 0 Å². The zero-order valence-corrected chi connectivity index (χ0v) is 14.4. The molecule has 23 heavy (non-hydrogen) atoms. The number of hydrogen-bond acceptors (Lipinski definition) is 4. The molecule has 7 nitrogen and oxygen atoms in total. The summed E-state index contributed by atoms with van der Waals surface area (Å²) in [6.45, 7) is 8.25. The maximum atomic E-state index is 5.39. The van der Waals surface area contributed by atoms with E-state index in [0.717, 1.165) is 48.1 Å². The average Bonchev–Trinajstić information content (AvgIpc) is 3.15. The SMILES string of the molecule is CCNC(=NCc1c(CC)noc1CC)NCc1ccnn1C. The predicted octanol–water partition coefficient (Wildman–Crippen LogP) is 1.79. The molecule has 0 saturated heterocycles. The van der Waals surface area contributed by atoms with E-state index in [-0.39, 0.29) is 0 Å². The molecule has 126 valence electrons. The van der Waals surface area contributed by atoms with Gasteiger partial charge in [-0.25, -0.2) is 4.99 Å². The second-order valence-electron chi connectivity index (χ2n) is 5.23. The second kappa shape index (κ2) is 8.36. The summed E-state index contributed by atoms with van der Waals surface area (Å²) in [6, 6.07) is 1.99. The van der Waals surface area contributed by atoms with E-state index >= 15 is 0 Å². The number of hydrogen-bond donors (Lipinski definition) is 2. The van der Waals surface area contributed by atoms with E-state index in [0.29, 0.717) is 13.1 Å². The van der Waals surface area contributed by atoms with Crippen molar-refractivity contribution >= 4 is 5.96 Å². The molecule has 0 amide bonds. The summed E-state index contributed by atoms with van der Waals surface area (Å²) >= 11 is 0. The molecule has 0 radical (unpaired) electrons. The fraction of sp³-hybridized carbons (Fsp3) is 0.562. The minimum absolute atomic E-state index is 0.566. The largest absolute Gasteiger partial charge is 0.361 e. The van der Waals surface area contributed by atoms with Crippen LogP contribution in [-0.2, 0) is 33.0 Å². The fourth-order valence-corrected chi connectivity index (χ4v) is 2.37. The molecular formula is C16H26N6O. The summed E-state index contributed by atoms with van der Waals surface area (Å²) < 4.78 is 7.24. The predicted molar refractivity (Wildman–Crippen MR) is 90.1 cm³/mol. The number of guanidine groups is 1. The highest BCUT2D eigenvalue weighted by Gasteiger charge is 2.13. The molecule has 2 N–H and O–H groups in total. The van der Waals surface area contributed by atoms with Gasteiger partial charge >= 0.3 is 0 Å². The van der Waals surface area contributed by atoms with Crippen molar-refractivity contribution in [2.75, 3.05) is 6.54 Å². The number of aromatic nitrogens is 3. The molecule has 0 aliphatic heterocycles.